The number of hydrogen-bond acceptors (Lipinski definition) is 4. The number of rotatable bonds is 6. The first kappa shape index (κ1) is 20.6. The van der Waals surface area contributed by atoms with Gasteiger partial charge in [-0.1, -0.05) is 11.6 Å². The molecule has 27 heavy (non-hydrogen) atoms. The summed E-state index contributed by atoms with van der Waals surface area (Å²) >= 11 is 5.76. The molecule has 0 amide bonds. The zero-order chi connectivity index (χ0) is 20.1. The van der Waals surface area contributed by atoms with Crippen LogP contribution in [-0.4, -0.2) is 24.6 Å². The summed E-state index contributed by atoms with van der Waals surface area (Å²) in [5.41, 5.74) is -0.811. The van der Waals surface area contributed by atoms with Crippen molar-refractivity contribution in [1.29, 1.82) is 0 Å². The van der Waals surface area contributed by atoms with Crippen molar-refractivity contribution in [3.63, 3.8) is 0 Å². The third kappa shape index (κ3) is 4.91. The van der Waals surface area contributed by atoms with E-state index >= 15 is 0 Å². The van der Waals surface area contributed by atoms with Gasteiger partial charge in [-0.25, -0.2) is 17.6 Å². The molecule has 1 atom stereocenters. The van der Waals surface area contributed by atoms with Crippen molar-refractivity contribution in [3.8, 4) is 0 Å². The van der Waals surface area contributed by atoms with E-state index in [1.54, 1.807) is 0 Å². The maximum Gasteiger partial charge on any atom is 0.322 e. The molecule has 4 nitrogen and oxygen atoms in total. The van der Waals surface area contributed by atoms with E-state index in [4.69, 9.17) is 16.3 Å². The van der Waals surface area contributed by atoms with Crippen LogP contribution in [0.2, 0.25) is 5.02 Å². The van der Waals surface area contributed by atoms with Crippen LogP contribution in [0.4, 0.5) is 23.2 Å². The van der Waals surface area contributed by atoms with Gasteiger partial charge in [0.1, 0.15) is 5.82 Å². The van der Waals surface area contributed by atoms with Crippen LogP contribution in [0.15, 0.2) is 35.3 Å². The van der Waals surface area contributed by atoms with Crippen LogP contribution in [0, 0.1) is 29.2 Å². The summed E-state index contributed by atoms with van der Waals surface area (Å²) in [4.78, 5) is 28.3. The van der Waals surface area contributed by atoms with E-state index in [0.29, 0.717) is 18.2 Å². The third-order valence-electron chi connectivity index (χ3n) is 3.37. The van der Waals surface area contributed by atoms with E-state index in [2.05, 4.69) is 4.99 Å². The molecule has 0 spiro atoms. The van der Waals surface area contributed by atoms with Crippen molar-refractivity contribution in [2.45, 2.75) is 6.92 Å². The molecular weight excluding hydrogens is 390 g/mol. The van der Waals surface area contributed by atoms with E-state index < -0.39 is 51.5 Å². The number of carbonyl (C=O) groups is 2. The zero-order valence-corrected chi connectivity index (χ0v) is 14.6. The lowest BCUT2D eigenvalue weighted by molar-refractivity contribution is -0.143. The van der Waals surface area contributed by atoms with Crippen molar-refractivity contribution in [1.82, 2.24) is 0 Å². The predicted molar refractivity (Wildman–Crippen MR) is 90.3 cm³/mol. The normalized spacial score (nSPS) is 12.2. The number of Topliss-reactive ketones (excluding diaryl/α,β-unsaturated/α-hetero) is 1. The summed E-state index contributed by atoms with van der Waals surface area (Å²) in [6.07, 6.45) is 0.772. The van der Waals surface area contributed by atoms with Gasteiger partial charge in [0.25, 0.3) is 0 Å². The van der Waals surface area contributed by atoms with Gasteiger partial charge in [0.15, 0.2) is 29.2 Å². The Morgan fingerprint density at radius 3 is 2.41 bits per heavy atom. The largest absolute Gasteiger partial charge is 0.465 e. The van der Waals surface area contributed by atoms with Gasteiger partial charge in [-0.2, -0.15) is 0 Å². The Labute approximate surface area is 156 Å². The first-order valence-electron chi connectivity index (χ1n) is 7.59. The highest BCUT2D eigenvalue weighted by atomic mass is 35.5. The van der Waals surface area contributed by atoms with Crippen molar-refractivity contribution in [2.24, 2.45) is 10.9 Å². The maximum atomic E-state index is 13.7. The average molecular weight is 402 g/mol. The number of aliphatic imine (C=N–C) groups is 1. The molecule has 0 aliphatic heterocycles. The van der Waals surface area contributed by atoms with Crippen LogP contribution >= 0.6 is 11.6 Å². The molecule has 1 unspecified atom stereocenters. The second kappa shape index (κ2) is 8.77. The summed E-state index contributed by atoms with van der Waals surface area (Å²) in [6, 6.07) is 3.63. The topological polar surface area (TPSA) is 55.7 Å². The molecule has 142 valence electrons. The zero-order valence-electron chi connectivity index (χ0n) is 13.8. The fourth-order valence-electron chi connectivity index (χ4n) is 2.09. The number of ketones is 1. The van der Waals surface area contributed by atoms with Crippen LogP contribution < -0.4 is 0 Å². The fourth-order valence-corrected chi connectivity index (χ4v) is 2.33. The second-order valence-corrected chi connectivity index (χ2v) is 5.62. The minimum Gasteiger partial charge on any atom is -0.465 e. The quantitative estimate of drug-likeness (QED) is 0.177. The highest BCUT2D eigenvalue weighted by molar-refractivity contribution is 6.35. The van der Waals surface area contributed by atoms with Gasteiger partial charge in [-0.15, -0.1) is 0 Å². The molecule has 9 heteroatoms. The van der Waals surface area contributed by atoms with E-state index in [0.717, 1.165) is 18.3 Å². The van der Waals surface area contributed by atoms with Gasteiger partial charge in [0.05, 0.1) is 17.3 Å². The standard InChI is InChI=1S/C18H12ClF4NO3/c1-2-27-18(26)11(8-24-16-4-3-9(20)5-15(16)23)17(25)10-6-13(21)14(22)7-12(10)19/h3-8,11H,2H2,1H3. The van der Waals surface area contributed by atoms with Crippen LogP contribution in [0.25, 0.3) is 0 Å². The number of ether oxygens (including phenoxy) is 1. The van der Waals surface area contributed by atoms with Gasteiger partial charge in [0, 0.05) is 17.8 Å². The van der Waals surface area contributed by atoms with Gasteiger partial charge >= 0.3 is 5.97 Å². The van der Waals surface area contributed by atoms with E-state index in [9.17, 15) is 27.2 Å². The van der Waals surface area contributed by atoms with E-state index in [1.807, 2.05) is 0 Å². The first-order chi connectivity index (χ1) is 12.7. The molecule has 0 radical (unpaired) electrons. The molecule has 0 fully saturated rings. The lowest BCUT2D eigenvalue weighted by atomic mass is 9.98. The summed E-state index contributed by atoms with van der Waals surface area (Å²) in [5, 5.41) is -0.422. The highest BCUT2D eigenvalue weighted by Gasteiger charge is 2.30. The second-order valence-electron chi connectivity index (χ2n) is 5.21. The van der Waals surface area contributed by atoms with Gasteiger partial charge in [-0.05, 0) is 31.2 Å². The Hall–Kier alpha value is -2.74. The summed E-state index contributed by atoms with van der Waals surface area (Å²) < 4.78 is 58.0. The SMILES string of the molecule is CCOC(=O)C(C=Nc1ccc(F)cc1F)C(=O)c1cc(F)c(F)cc1Cl. The van der Waals surface area contributed by atoms with Crippen molar-refractivity contribution in [2.75, 3.05) is 6.61 Å². The molecule has 2 aromatic rings. The number of benzene rings is 2. The smallest absolute Gasteiger partial charge is 0.322 e. The third-order valence-corrected chi connectivity index (χ3v) is 3.68. The summed E-state index contributed by atoms with van der Waals surface area (Å²) in [6.45, 7) is 1.41. The van der Waals surface area contributed by atoms with Crippen LogP contribution in [0.3, 0.4) is 0 Å². The highest BCUT2D eigenvalue weighted by Crippen LogP contribution is 2.24. The lowest BCUT2D eigenvalue weighted by Gasteiger charge is -2.12. The molecular formula is C18H12ClF4NO3. The Morgan fingerprint density at radius 1 is 1.11 bits per heavy atom. The Kier molecular flexibility index (Phi) is 6.68. The molecule has 0 heterocycles. The molecule has 0 aliphatic rings. The summed E-state index contributed by atoms with van der Waals surface area (Å²) in [7, 11) is 0. The van der Waals surface area contributed by atoms with Gasteiger partial charge < -0.3 is 4.74 Å². The maximum absolute atomic E-state index is 13.7. The van der Waals surface area contributed by atoms with Crippen LogP contribution in [-0.2, 0) is 9.53 Å². The molecule has 0 bridgehead atoms. The number of carbonyl (C=O) groups excluding carboxylic acids is 2. The molecule has 0 saturated carbocycles. The Morgan fingerprint density at radius 2 is 1.78 bits per heavy atom. The van der Waals surface area contributed by atoms with Gasteiger partial charge in [0.2, 0.25) is 0 Å². The first-order valence-corrected chi connectivity index (χ1v) is 7.97. The lowest BCUT2D eigenvalue weighted by Crippen LogP contribution is -2.28. The molecule has 2 rings (SSSR count). The minimum atomic E-state index is -1.70. The number of hydrogen-bond donors (Lipinski definition) is 0. The van der Waals surface area contributed by atoms with Gasteiger partial charge in [-0.3, -0.25) is 14.6 Å². The molecule has 0 aliphatic carbocycles. The van der Waals surface area contributed by atoms with E-state index in [-0.39, 0.29) is 12.3 Å². The molecule has 0 aromatic heterocycles. The van der Waals surface area contributed by atoms with E-state index in [1.165, 1.54) is 6.92 Å². The van der Waals surface area contributed by atoms with Crippen LogP contribution in [0.1, 0.15) is 17.3 Å². The predicted octanol–water partition coefficient (Wildman–Crippen LogP) is 4.66. The molecule has 0 saturated heterocycles. The van der Waals surface area contributed by atoms with Crippen molar-refractivity contribution in [3.05, 3.63) is 64.2 Å². The number of halogens is 5. The van der Waals surface area contributed by atoms with Crippen molar-refractivity contribution >= 4 is 35.3 Å². The number of nitrogens with zero attached hydrogens (tertiary/aromatic N) is 1. The van der Waals surface area contributed by atoms with Crippen molar-refractivity contribution < 1.29 is 31.9 Å². The summed E-state index contributed by atoms with van der Waals surface area (Å²) in [5.74, 6) is -8.24. The fraction of sp³-hybridized carbons (Fsp3) is 0.167. The number of esters is 1. The molecule has 2 aromatic carbocycles. The minimum absolute atomic E-state index is 0.0765. The monoisotopic (exact) mass is 401 g/mol. The Balaban J connectivity index is 2.42. The Bertz CT molecular complexity index is 918. The average Bonchev–Trinajstić information content (AvgIpc) is 2.60. The van der Waals surface area contributed by atoms with Crippen LogP contribution in [0.5, 0.6) is 0 Å². The molecule has 0 N–H and O–H groups in total.